The van der Waals surface area contributed by atoms with Crippen molar-refractivity contribution in [2.75, 3.05) is 24.7 Å². The minimum atomic E-state index is -4.48. The van der Waals surface area contributed by atoms with E-state index in [4.69, 9.17) is 16.3 Å². The number of anilines is 1. The Bertz CT molecular complexity index is 1060. The van der Waals surface area contributed by atoms with Gasteiger partial charge in [-0.05, 0) is 55.4 Å². The van der Waals surface area contributed by atoms with E-state index in [9.17, 15) is 13.2 Å². The van der Waals surface area contributed by atoms with Gasteiger partial charge in [0, 0.05) is 41.4 Å². The third-order valence-corrected chi connectivity index (χ3v) is 7.17. The van der Waals surface area contributed by atoms with E-state index in [0.717, 1.165) is 42.5 Å². The summed E-state index contributed by atoms with van der Waals surface area (Å²) in [6, 6.07) is 5.64. The molecule has 1 fully saturated rings. The first-order valence-electron chi connectivity index (χ1n) is 9.95. The lowest BCUT2D eigenvalue weighted by Gasteiger charge is -2.38. The van der Waals surface area contributed by atoms with Crippen LogP contribution in [0.4, 0.5) is 18.3 Å². The van der Waals surface area contributed by atoms with Crippen molar-refractivity contribution in [1.29, 1.82) is 0 Å². The number of hydrogen-bond acceptors (Lipinski definition) is 5. The average Bonchev–Trinajstić information content (AvgIpc) is 3.34. The van der Waals surface area contributed by atoms with Gasteiger partial charge < -0.3 is 14.6 Å². The Kier molecular flexibility index (Phi) is 5.15. The molecule has 1 N–H and O–H groups in total. The van der Waals surface area contributed by atoms with Gasteiger partial charge in [-0.3, -0.25) is 0 Å². The molecule has 160 valence electrons. The van der Waals surface area contributed by atoms with E-state index in [2.05, 4.69) is 15.2 Å². The van der Waals surface area contributed by atoms with Crippen molar-refractivity contribution in [3.05, 3.63) is 39.5 Å². The van der Waals surface area contributed by atoms with Crippen LogP contribution in [0, 0.1) is 5.92 Å². The Morgan fingerprint density at radius 2 is 2.17 bits per heavy atom. The van der Waals surface area contributed by atoms with Crippen LogP contribution in [0.5, 0.6) is 0 Å². The van der Waals surface area contributed by atoms with E-state index >= 15 is 0 Å². The highest BCUT2D eigenvalue weighted by atomic mass is 35.5. The van der Waals surface area contributed by atoms with Crippen molar-refractivity contribution in [2.45, 2.75) is 37.9 Å². The molecule has 0 unspecified atom stereocenters. The van der Waals surface area contributed by atoms with E-state index < -0.39 is 11.2 Å². The molecule has 2 aliphatic rings. The summed E-state index contributed by atoms with van der Waals surface area (Å²) >= 11 is 6.82. The first-order valence-corrected chi connectivity index (χ1v) is 11.1. The topological polar surface area (TPSA) is 54.0 Å². The number of nitrogens with zero attached hydrogens (tertiary/aromatic N) is 3. The first-order chi connectivity index (χ1) is 14.4. The van der Waals surface area contributed by atoms with Crippen LogP contribution in [0.15, 0.2) is 18.2 Å². The molecule has 0 amide bonds. The van der Waals surface area contributed by atoms with Gasteiger partial charge in [0.1, 0.15) is 0 Å². The minimum absolute atomic E-state index is 0.111. The highest BCUT2D eigenvalue weighted by Crippen LogP contribution is 2.43. The van der Waals surface area contributed by atoms with Gasteiger partial charge in [0.25, 0.3) is 0 Å². The maximum atomic E-state index is 13.1. The number of rotatable bonds is 3. The molecule has 2 aromatic heterocycles. The molecule has 0 spiro atoms. The number of nitrogens with one attached hydrogen (secondary N) is 1. The molecule has 0 aliphatic carbocycles. The minimum Gasteiger partial charge on any atom is -0.381 e. The molecule has 2 atom stereocenters. The normalized spacial score (nSPS) is 22.5. The standard InChI is InChI=1S/C20H20ClF3N4OS/c21-12-3-4-15-14(9-12)13-5-6-28(19-27-26-18(30-19)20(22,23)24)16(17(13)25-15)8-11-2-1-7-29-10-11/h3-4,9,11,16,25H,1-2,5-8,10H2/t11-,16+/m1/s1. The predicted octanol–water partition coefficient (Wildman–Crippen LogP) is 5.61. The maximum Gasteiger partial charge on any atom is 0.445 e. The summed E-state index contributed by atoms with van der Waals surface area (Å²) in [5.41, 5.74) is 3.21. The quantitative estimate of drug-likeness (QED) is 0.556. The number of hydrogen-bond donors (Lipinski definition) is 1. The Hall–Kier alpha value is -1.84. The largest absolute Gasteiger partial charge is 0.445 e. The highest BCUT2D eigenvalue weighted by Gasteiger charge is 2.39. The summed E-state index contributed by atoms with van der Waals surface area (Å²) in [7, 11) is 0. The monoisotopic (exact) mass is 456 g/mol. The lowest BCUT2D eigenvalue weighted by atomic mass is 9.88. The van der Waals surface area contributed by atoms with E-state index in [1.54, 1.807) is 0 Å². The molecule has 4 heterocycles. The molecule has 0 bridgehead atoms. The number of fused-ring (bicyclic) bond motifs is 3. The molecule has 5 nitrogen and oxygen atoms in total. The van der Waals surface area contributed by atoms with Crippen LogP contribution < -0.4 is 4.90 Å². The van der Waals surface area contributed by atoms with Gasteiger partial charge >= 0.3 is 6.18 Å². The fourth-order valence-electron chi connectivity index (χ4n) is 4.57. The third-order valence-electron chi connectivity index (χ3n) is 5.93. The van der Waals surface area contributed by atoms with Crippen molar-refractivity contribution in [2.24, 2.45) is 5.92 Å². The summed E-state index contributed by atoms with van der Waals surface area (Å²) in [5.74, 6) is 0.349. The molecule has 1 saturated heterocycles. The second kappa shape index (κ2) is 7.69. The van der Waals surface area contributed by atoms with Crippen LogP contribution in [0.3, 0.4) is 0 Å². The molecule has 10 heteroatoms. The molecule has 1 aromatic carbocycles. The molecule has 3 aromatic rings. The van der Waals surface area contributed by atoms with Crippen molar-refractivity contribution in [3.8, 4) is 0 Å². The number of benzene rings is 1. The van der Waals surface area contributed by atoms with Gasteiger partial charge in [0.15, 0.2) is 0 Å². The second-order valence-electron chi connectivity index (χ2n) is 7.87. The zero-order chi connectivity index (χ0) is 20.9. The lowest BCUT2D eigenvalue weighted by Crippen LogP contribution is -2.37. The van der Waals surface area contributed by atoms with E-state index in [1.165, 1.54) is 5.56 Å². The molecule has 2 aliphatic heterocycles. The van der Waals surface area contributed by atoms with Gasteiger partial charge in [-0.1, -0.05) is 22.9 Å². The van der Waals surface area contributed by atoms with Crippen LogP contribution in [0.1, 0.15) is 41.6 Å². The summed E-state index contributed by atoms with van der Waals surface area (Å²) in [4.78, 5) is 5.49. The highest BCUT2D eigenvalue weighted by molar-refractivity contribution is 7.15. The van der Waals surface area contributed by atoms with E-state index in [0.29, 0.717) is 47.0 Å². The van der Waals surface area contributed by atoms with Crippen molar-refractivity contribution < 1.29 is 17.9 Å². The number of halogens is 4. The van der Waals surface area contributed by atoms with Crippen LogP contribution in [-0.2, 0) is 17.3 Å². The number of ether oxygens (including phenoxy) is 1. The lowest BCUT2D eigenvalue weighted by molar-refractivity contribution is -0.138. The summed E-state index contributed by atoms with van der Waals surface area (Å²) in [5, 5.41) is 8.45. The average molecular weight is 457 g/mol. The fourth-order valence-corrected chi connectivity index (χ4v) is 5.53. The Balaban J connectivity index is 1.55. The maximum absolute atomic E-state index is 13.1. The van der Waals surface area contributed by atoms with Crippen LogP contribution in [0.2, 0.25) is 5.02 Å². The van der Waals surface area contributed by atoms with Gasteiger partial charge in [-0.2, -0.15) is 13.2 Å². The SMILES string of the molecule is FC(F)(F)c1nnc(N2CCc3c([nH]c4ccc(Cl)cc34)[C@@H]2C[C@H]2CCCOC2)s1. The smallest absolute Gasteiger partial charge is 0.381 e. The summed E-state index contributed by atoms with van der Waals surface area (Å²) in [6.07, 6.45) is -0.941. The molecule has 30 heavy (non-hydrogen) atoms. The molecular weight excluding hydrogens is 437 g/mol. The summed E-state index contributed by atoms with van der Waals surface area (Å²) in [6.45, 7) is 2.03. The Morgan fingerprint density at radius 3 is 2.90 bits per heavy atom. The van der Waals surface area contributed by atoms with E-state index in [1.807, 2.05) is 23.1 Å². The van der Waals surface area contributed by atoms with E-state index in [-0.39, 0.29) is 6.04 Å². The van der Waals surface area contributed by atoms with Crippen molar-refractivity contribution in [3.63, 3.8) is 0 Å². The summed E-state index contributed by atoms with van der Waals surface area (Å²) < 4.78 is 45.0. The number of alkyl halides is 3. The fraction of sp³-hybridized carbons (Fsp3) is 0.500. The third kappa shape index (κ3) is 3.67. The van der Waals surface area contributed by atoms with Crippen molar-refractivity contribution >= 4 is 39.0 Å². The van der Waals surface area contributed by atoms with Gasteiger partial charge in [0.05, 0.1) is 6.04 Å². The molecule has 0 radical (unpaired) electrons. The van der Waals surface area contributed by atoms with Gasteiger partial charge in [-0.15, -0.1) is 10.2 Å². The second-order valence-corrected chi connectivity index (χ2v) is 9.27. The Labute approximate surface area is 180 Å². The molecule has 5 rings (SSSR count). The first kappa shape index (κ1) is 20.1. The molecular formula is C20H20ClF3N4OS. The zero-order valence-electron chi connectivity index (χ0n) is 16.0. The number of H-pyrrole nitrogens is 1. The van der Waals surface area contributed by atoms with Crippen molar-refractivity contribution in [1.82, 2.24) is 15.2 Å². The van der Waals surface area contributed by atoms with Crippen LogP contribution in [-0.4, -0.2) is 34.9 Å². The van der Waals surface area contributed by atoms with Gasteiger partial charge in [-0.25, -0.2) is 0 Å². The molecule has 0 saturated carbocycles. The van der Waals surface area contributed by atoms with Crippen LogP contribution >= 0.6 is 22.9 Å². The van der Waals surface area contributed by atoms with Crippen LogP contribution in [0.25, 0.3) is 10.9 Å². The van der Waals surface area contributed by atoms with Gasteiger partial charge in [0.2, 0.25) is 10.1 Å². The zero-order valence-corrected chi connectivity index (χ0v) is 17.6. The number of aromatic amines is 1. The number of aromatic nitrogens is 3. The predicted molar refractivity (Wildman–Crippen MR) is 110 cm³/mol. The Morgan fingerprint density at radius 1 is 1.30 bits per heavy atom.